The van der Waals surface area contributed by atoms with Gasteiger partial charge in [0.25, 0.3) is 5.91 Å². The number of aryl methyl sites for hydroxylation is 1. The zero-order valence-electron chi connectivity index (χ0n) is 12.1. The number of aromatic nitrogens is 1. The van der Waals surface area contributed by atoms with Gasteiger partial charge in [-0.15, -0.1) is 0 Å². The Hall–Kier alpha value is -2.96. The van der Waals surface area contributed by atoms with Gasteiger partial charge in [-0.1, -0.05) is 18.2 Å². The van der Waals surface area contributed by atoms with Crippen LogP contribution in [0.2, 0.25) is 0 Å². The molecule has 7 nitrogen and oxygen atoms in total. The van der Waals surface area contributed by atoms with Crippen molar-refractivity contribution < 1.29 is 14.5 Å². The van der Waals surface area contributed by atoms with E-state index >= 15 is 0 Å². The van der Waals surface area contributed by atoms with Gasteiger partial charge in [-0.2, -0.15) is 0 Å². The fraction of sp³-hybridized carbons (Fsp3) is 0.200. The molecule has 0 aliphatic heterocycles. The molecule has 22 heavy (non-hydrogen) atoms. The molecule has 0 spiro atoms. The second-order valence-electron chi connectivity index (χ2n) is 4.65. The average Bonchev–Trinajstić information content (AvgIpc) is 2.49. The molecule has 7 heteroatoms. The van der Waals surface area contributed by atoms with E-state index in [1.54, 1.807) is 12.1 Å². The first kappa shape index (κ1) is 15.4. The second kappa shape index (κ2) is 6.66. The van der Waals surface area contributed by atoms with E-state index in [0.717, 1.165) is 5.56 Å². The topological polar surface area (TPSA) is 94.4 Å². The minimum atomic E-state index is -0.900. The SMILES string of the molecule is Cc1ccccc1NC(=O)C(C)Oc1cccnc1[N+](=O)[O-]. The van der Waals surface area contributed by atoms with E-state index in [2.05, 4.69) is 10.3 Å². The predicted molar refractivity (Wildman–Crippen MR) is 80.8 cm³/mol. The summed E-state index contributed by atoms with van der Waals surface area (Å²) in [6.07, 6.45) is 0.394. The number of amides is 1. The highest BCUT2D eigenvalue weighted by atomic mass is 16.6. The van der Waals surface area contributed by atoms with Crippen molar-refractivity contribution in [3.05, 3.63) is 58.3 Å². The van der Waals surface area contributed by atoms with E-state index in [0.29, 0.717) is 5.69 Å². The fourth-order valence-corrected chi connectivity index (χ4v) is 1.80. The summed E-state index contributed by atoms with van der Waals surface area (Å²) >= 11 is 0. The predicted octanol–water partition coefficient (Wildman–Crippen LogP) is 2.70. The van der Waals surface area contributed by atoms with Gasteiger partial charge in [-0.05, 0) is 47.5 Å². The molecule has 2 rings (SSSR count). The summed E-state index contributed by atoms with van der Waals surface area (Å²) in [4.78, 5) is 26.0. The maximum atomic E-state index is 12.1. The largest absolute Gasteiger partial charge is 0.473 e. The Morgan fingerprint density at radius 1 is 1.32 bits per heavy atom. The van der Waals surface area contributed by atoms with Crippen LogP contribution < -0.4 is 10.1 Å². The molecule has 0 bridgehead atoms. The number of carbonyl (C=O) groups is 1. The summed E-state index contributed by atoms with van der Waals surface area (Å²) in [5, 5.41) is 13.6. The van der Waals surface area contributed by atoms with Crippen molar-refractivity contribution in [1.29, 1.82) is 0 Å². The lowest BCUT2D eigenvalue weighted by Gasteiger charge is -2.15. The van der Waals surface area contributed by atoms with Gasteiger partial charge >= 0.3 is 5.82 Å². The van der Waals surface area contributed by atoms with Crippen molar-refractivity contribution in [3.8, 4) is 5.75 Å². The highest BCUT2D eigenvalue weighted by Gasteiger charge is 2.22. The van der Waals surface area contributed by atoms with Crippen molar-refractivity contribution in [2.75, 3.05) is 5.32 Å². The van der Waals surface area contributed by atoms with Crippen LogP contribution in [0.1, 0.15) is 12.5 Å². The molecular weight excluding hydrogens is 286 g/mol. The van der Waals surface area contributed by atoms with Crippen molar-refractivity contribution in [2.45, 2.75) is 20.0 Å². The molecule has 2 aromatic rings. The van der Waals surface area contributed by atoms with Crippen molar-refractivity contribution in [2.24, 2.45) is 0 Å². The van der Waals surface area contributed by atoms with Crippen LogP contribution in [0.15, 0.2) is 42.6 Å². The number of nitrogens with zero attached hydrogens (tertiary/aromatic N) is 2. The number of rotatable bonds is 5. The van der Waals surface area contributed by atoms with E-state index in [9.17, 15) is 14.9 Å². The smallest absolute Gasteiger partial charge is 0.406 e. The molecule has 1 aromatic heterocycles. The molecule has 0 saturated carbocycles. The molecule has 0 saturated heterocycles. The fourth-order valence-electron chi connectivity index (χ4n) is 1.80. The van der Waals surface area contributed by atoms with Gasteiger partial charge in [0.2, 0.25) is 5.75 Å². The van der Waals surface area contributed by atoms with Gasteiger partial charge in [-0.3, -0.25) is 4.79 Å². The minimum Gasteiger partial charge on any atom is -0.473 e. The third kappa shape index (κ3) is 3.57. The van der Waals surface area contributed by atoms with Gasteiger partial charge in [-0.25, -0.2) is 0 Å². The standard InChI is InChI=1S/C15H15N3O4/c1-10-6-3-4-7-12(10)17-15(19)11(2)22-13-8-5-9-16-14(13)18(20)21/h3-9,11H,1-2H3,(H,17,19). The third-order valence-corrected chi connectivity index (χ3v) is 3.00. The molecule has 0 radical (unpaired) electrons. The van der Waals surface area contributed by atoms with Crippen molar-refractivity contribution in [3.63, 3.8) is 0 Å². The molecule has 0 fully saturated rings. The normalized spacial score (nSPS) is 11.5. The first-order valence-corrected chi connectivity index (χ1v) is 6.61. The van der Waals surface area contributed by atoms with Crippen LogP contribution >= 0.6 is 0 Å². The zero-order chi connectivity index (χ0) is 16.1. The highest BCUT2D eigenvalue weighted by molar-refractivity contribution is 5.94. The molecular formula is C15H15N3O4. The summed E-state index contributed by atoms with van der Waals surface area (Å²) in [6.45, 7) is 3.39. The van der Waals surface area contributed by atoms with Crippen LogP contribution in [0.5, 0.6) is 5.75 Å². The number of hydrogen-bond donors (Lipinski definition) is 1. The number of carbonyl (C=O) groups excluding carboxylic acids is 1. The number of para-hydroxylation sites is 1. The number of benzene rings is 1. The number of nitrogens with one attached hydrogen (secondary N) is 1. The monoisotopic (exact) mass is 301 g/mol. The lowest BCUT2D eigenvalue weighted by Crippen LogP contribution is -2.30. The summed E-state index contributed by atoms with van der Waals surface area (Å²) in [5.41, 5.74) is 1.58. The Labute approximate surface area is 127 Å². The second-order valence-corrected chi connectivity index (χ2v) is 4.65. The van der Waals surface area contributed by atoms with Gasteiger partial charge in [0, 0.05) is 5.69 Å². The zero-order valence-corrected chi connectivity index (χ0v) is 12.1. The van der Waals surface area contributed by atoms with E-state index in [4.69, 9.17) is 4.74 Å². The first-order valence-electron chi connectivity index (χ1n) is 6.61. The number of pyridine rings is 1. The molecule has 1 amide bonds. The Balaban J connectivity index is 2.09. The maximum Gasteiger partial charge on any atom is 0.406 e. The van der Waals surface area contributed by atoms with Crippen LogP contribution in [0.25, 0.3) is 0 Å². The van der Waals surface area contributed by atoms with E-state index in [1.165, 1.54) is 25.3 Å². The van der Waals surface area contributed by atoms with Gasteiger partial charge in [0.15, 0.2) is 6.10 Å². The summed E-state index contributed by atoms with van der Waals surface area (Å²) in [6, 6.07) is 10.2. The third-order valence-electron chi connectivity index (χ3n) is 3.00. The van der Waals surface area contributed by atoms with Crippen LogP contribution in [0.3, 0.4) is 0 Å². The lowest BCUT2D eigenvalue weighted by atomic mass is 10.2. The molecule has 114 valence electrons. The van der Waals surface area contributed by atoms with E-state index < -0.39 is 22.8 Å². The Bertz CT molecular complexity index is 703. The average molecular weight is 301 g/mol. The van der Waals surface area contributed by atoms with Crippen LogP contribution in [0, 0.1) is 17.0 Å². The number of nitro groups is 1. The van der Waals surface area contributed by atoms with Crippen molar-refractivity contribution in [1.82, 2.24) is 4.98 Å². The molecule has 1 heterocycles. The summed E-state index contributed by atoms with van der Waals surface area (Å²) in [5.74, 6) is -0.856. The van der Waals surface area contributed by atoms with Gasteiger partial charge < -0.3 is 20.2 Å². The van der Waals surface area contributed by atoms with Crippen LogP contribution in [0.4, 0.5) is 11.5 Å². The van der Waals surface area contributed by atoms with Crippen LogP contribution in [-0.2, 0) is 4.79 Å². The van der Waals surface area contributed by atoms with E-state index in [1.807, 2.05) is 19.1 Å². The van der Waals surface area contributed by atoms with E-state index in [-0.39, 0.29) is 5.75 Å². The quantitative estimate of drug-likeness (QED) is 0.676. The molecule has 0 aliphatic carbocycles. The number of hydrogen-bond acceptors (Lipinski definition) is 5. The minimum absolute atomic E-state index is 0.0417. The molecule has 1 unspecified atom stereocenters. The molecule has 1 atom stereocenters. The number of anilines is 1. The molecule has 1 N–H and O–H groups in total. The van der Waals surface area contributed by atoms with Gasteiger partial charge in [0.1, 0.15) is 6.20 Å². The van der Waals surface area contributed by atoms with Crippen LogP contribution in [-0.4, -0.2) is 21.9 Å². The Morgan fingerprint density at radius 3 is 2.73 bits per heavy atom. The molecule has 0 aliphatic rings. The highest BCUT2D eigenvalue weighted by Crippen LogP contribution is 2.24. The van der Waals surface area contributed by atoms with Gasteiger partial charge in [0.05, 0.1) is 0 Å². The Kier molecular flexibility index (Phi) is 4.67. The maximum absolute atomic E-state index is 12.1. The van der Waals surface area contributed by atoms with Crippen molar-refractivity contribution >= 4 is 17.4 Å². The lowest BCUT2D eigenvalue weighted by molar-refractivity contribution is -0.390. The summed E-state index contributed by atoms with van der Waals surface area (Å²) in [7, 11) is 0. The Morgan fingerprint density at radius 2 is 2.05 bits per heavy atom. The first-order chi connectivity index (χ1) is 10.5. The molecule has 1 aromatic carbocycles. The number of ether oxygens (including phenoxy) is 1. The summed E-state index contributed by atoms with van der Waals surface area (Å²) < 4.78 is 5.36.